The first-order valence-corrected chi connectivity index (χ1v) is 5.94. The second-order valence-electron chi connectivity index (χ2n) is 3.42. The molecular weight excluding hydrogens is 228 g/mol. The number of thioether (sulfide) groups is 1. The largest absolute Gasteiger partial charge is 0.356 e. The molecule has 6 heteroatoms. The molecule has 0 N–H and O–H groups in total. The second kappa shape index (κ2) is 4.52. The Morgan fingerprint density at radius 2 is 2.31 bits per heavy atom. The smallest absolute Gasteiger partial charge is 0.293 e. The lowest BCUT2D eigenvalue weighted by Gasteiger charge is -2.16. The number of aldehydes is 1. The van der Waals surface area contributed by atoms with Gasteiger partial charge in [0.05, 0.1) is 10.8 Å². The van der Waals surface area contributed by atoms with Gasteiger partial charge >= 0.3 is 0 Å². The highest BCUT2D eigenvalue weighted by molar-refractivity contribution is 7.99. The van der Waals surface area contributed by atoms with Gasteiger partial charge in [-0.25, -0.2) is 0 Å². The van der Waals surface area contributed by atoms with Crippen LogP contribution in [0.2, 0.25) is 0 Å². The minimum atomic E-state index is -0.439. The average Bonchev–Trinajstić information content (AvgIpc) is 2.81. The fourth-order valence-electron chi connectivity index (χ4n) is 1.63. The zero-order chi connectivity index (χ0) is 11.5. The van der Waals surface area contributed by atoms with E-state index >= 15 is 0 Å². The minimum Gasteiger partial charge on any atom is -0.356 e. The van der Waals surface area contributed by atoms with Crippen LogP contribution in [-0.2, 0) is 0 Å². The quantitative estimate of drug-likeness (QED) is 0.457. The summed E-state index contributed by atoms with van der Waals surface area (Å²) in [5.74, 6) is 1.74. The van der Waals surface area contributed by atoms with Gasteiger partial charge in [-0.15, -0.1) is 11.8 Å². The summed E-state index contributed by atoms with van der Waals surface area (Å²) in [5, 5.41) is 10.9. The molecule has 1 aliphatic rings. The molecule has 84 valence electrons. The summed E-state index contributed by atoms with van der Waals surface area (Å²) in [6.07, 6.45) is 0.621. The second-order valence-corrected chi connectivity index (χ2v) is 4.50. The highest BCUT2D eigenvalue weighted by atomic mass is 32.2. The summed E-state index contributed by atoms with van der Waals surface area (Å²) in [7, 11) is 0. The number of benzene rings is 1. The summed E-state index contributed by atoms with van der Waals surface area (Å²) in [5.41, 5.74) is 0.940. The van der Waals surface area contributed by atoms with Crippen LogP contribution in [0.1, 0.15) is 10.4 Å². The van der Waals surface area contributed by atoms with E-state index in [0.29, 0.717) is 17.5 Å². The maximum atomic E-state index is 10.9. The van der Waals surface area contributed by atoms with Crippen LogP contribution in [0.3, 0.4) is 0 Å². The first kappa shape index (κ1) is 10.9. The normalized spacial score (nSPS) is 15.1. The fourth-order valence-corrected chi connectivity index (χ4v) is 2.60. The molecule has 1 heterocycles. The predicted molar refractivity (Wildman–Crippen MR) is 63.2 cm³/mol. The van der Waals surface area contributed by atoms with E-state index in [0.717, 1.165) is 18.2 Å². The lowest BCUT2D eigenvalue weighted by atomic mass is 10.2. The van der Waals surface area contributed by atoms with E-state index in [2.05, 4.69) is 0 Å². The monoisotopic (exact) mass is 238 g/mol. The van der Waals surface area contributed by atoms with Gasteiger partial charge in [-0.05, 0) is 12.1 Å². The van der Waals surface area contributed by atoms with Crippen molar-refractivity contribution in [2.24, 2.45) is 0 Å². The van der Waals surface area contributed by atoms with Crippen LogP contribution in [0.5, 0.6) is 0 Å². The first-order valence-electron chi connectivity index (χ1n) is 4.78. The van der Waals surface area contributed by atoms with E-state index in [1.54, 1.807) is 23.9 Å². The zero-order valence-corrected chi connectivity index (χ0v) is 9.27. The number of carbonyl (C=O) groups is 1. The molecule has 16 heavy (non-hydrogen) atoms. The number of nitro benzene ring substituents is 1. The number of carbonyl (C=O) groups excluding carboxylic acids is 1. The lowest BCUT2D eigenvalue weighted by Crippen LogP contribution is -2.19. The number of rotatable bonds is 3. The first-order chi connectivity index (χ1) is 7.72. The maximum absolute atomic E-state index is 10.9. The Balaban J connectivity index is 2.42. The molecule has 0 radical (unpaired) electrons. The summed E-state index contributed by atoms with van der Waals surface area (Å²) >= 11 is 1.74. The molecule has 0 saturated carbocycles. The van der Waals surface area contributed by atoms with Crippen molar-refractivity contribution in [1.82, 2.24) is 0 Å². The van der Waals surface area contributed by atoms with Crippen molar-refractivity contribution in [3.8, 4) is 0 Å². The van der Waals surface area contributed by atoms with Crippen molar-refractivity contribution in [3.05, 3.63) is 33.9 Å². The molecule has 1 aromatic rings. The van der Waals surface area contributed by atoms with E-state index in [1.807, 2.05) is 4.90 Å². The molecule has 1 fully saturated rings. The van der Waals surface area contributed by atoms with Crippen LogP contribution >= 0.6 is 11.8 Å². The Bertz CT molecular complexity index is 430. The highest BCUT2D eigenvalue weighted by Crippen LogP contribution is 2.32. The van der Waals surface area contributed by atoms with Crippen molar-refractivity contribution in [3.63, 3.8) is 0 Å². The molecule has 5 nitrogen and oxygen atoms in total. The fraction of sp³-hybridized carbons (Fsp3) is 0.300. The van der Waals surface area contributed by atoms with Crippen LogP contribution in [0, 0.1) is 10.1 Å². The molecule has 1 aromatic carbocycles. The predicted octanol–water partition coefficient (Wildman–Crippen LogP) is 1.92. The Kier molecular flexibility index (Phi) is 3.09. The van der Waals surface area contributed by atoms with Crippen LogP contribution in [0.4, 0.5) is 11.4 Å². The molecular formula is C10H10N2O3S. The lowest BCUT2D eigenvalue weighted by molar-refractivity contribution is -0.384. The van der Waals surface area contributed by atoms with Gasteiger partial charge in [-0.1, -0.05) is 0 Å². The standard InChI is InChI=1S/C10H10N2O3S/c13-6-8-1-2-9(10(5-8)12(14)15)11-3-4-16-7-11/h1-2,5-6H,3-4,7H2. The van der Waals surface area contributed by atoms with Gasteiger partial charge in [-0.3, -0.25) is 14.9 Å². The number of anilines is 1. The molecule has 2 rings (SSSR count). The Hall–Kier alpha value is -1.56. The summed E-state index contributed by atoms with van der Waals surface area (Å²) in [6, 6.07) is 4.58. The van der Waals surface area contributed by atoms with Gasteiger partial charge in [0.15, 0.2) is 0 Å². The van der Waals surface area contributed by atoms with E-state index in [1.165, 1.54) is 6.07 Å². The van der Waals surface area contributed by atoms with Gasteiger partial charge < -0.3 is 4.90 Å². The Morgan fingerprint density at radius 1 is 1.50 bits per heavy atom. The van der Waals surface area contributed by atoms with Gasteiger partial charge in [0.25, 0.3) is 5.69 Å². The molecule has 0 atom stereocenters. The molecule has 0 amide bonds. The molecule has 1 saturated heterocycles. The molecule has 0 aliphatic carbocycles. The molecule has 0 bridgehead atoms. The molecule has 0 spiro atoms. The maximum Gasteiger partial charge on any atom is 0.293 e. The Morgan fingerprint density at radius 3 is 2.88 bits per heavy atom. The number of nitro groups is 1. The van der Waals surface area contributed by atoms with E-state index in [4.69, 9.17) is 0 Å². The number of nitrogens with zero attached hydrogens (tertiary/aromatic N) is 2. The third-order valence-corrected chi connectivity index (χ3v) is 3.39. The van der Waals surface area contributed by atoms with Gasteiger partial charge in [-0.2, -0.15) is 0 Å². The van der Waals surface area contributed by atoms with E-state index in [-0.39, 0.29) is 5.69 Å². The van der Waals surface area contributed by atoms with Crippen molar-refractivity contribution in [2.75, 3.05) is 23.1 Å². The molecule has 0 unspecified atom stereocenters. The average molecular weight is 238 g/mol. The third kappa shape index (κ3) is 2.01. The summed E-state index contributed by atoms with van der Waals surface area (Å²) in [6.45, 7) is 0.811. The van der Waals surface area contributed by atoms with Crippen molar-refractivity contribution >= 4 is 29.4 Å². The number of hydrogen-bond donors (Lipinski definition) is 0. The van der Waals surface area contributed by atoms with Crippen LogP contribution in [-0.4, -0.2) is 29.4 Å². The molecule has 1 aliphatic heterocycles. The van der Waals surface area contributed by atoms with Crippen LogP contribution < -0.4 is 4.90 Å². The highest BCUT2D eigenvalue weighted by Gasteiger charge is 2.22. The number of hydrogen-bond acceptors (Lipinski definition) is 5. The summed E-state index contributed by atoms with van der Waals surface area (Å²) < 4.78 is 0. The topological polar surface area (TPSA) is 63.5 Å². The molecule has 0 aromatic heterocycles. The van der Waals surface area contributed by atoms with Gasteiger partial charge in [0.2, 0.25) is 0 Å². The van der Waals surface area contributed by atoms with Gasteiger partial charge in [0.1, 0.15) is 12.0 Å². The summed E-state index contributed by atoms with van der Waals surface area (Å²) in [4.78, 5) is 23.0. The zero-order valence-electron chi connectivity index (χ0n) is 8.46. The van der Waals surface area contributed by atoms with Crippen molar-refractivity contribution in [1.29, 1.82) is 0 Å². The van der Waals surface area contributed by atoms with Gasteiger partial charge in [0, 0.05) is 23.9 Å². The Labute approximate surface area is 96.6 Å². The van der Waals surface area contributed by atoms with E-state index < -0.39 is 4.92 Å². The van der Waals surface area contributed by atoms with Crippen molar-refractivity contribution in [2.45, 2.75) is 0 Å². The van der Waals surface area contributed by atoms with Crippen LogP contribution in [0.25, 0.3) is 0 Å². The van der Waals surface area contributed by atoms with Crippen molar-refractivity contribution < 1.29 is 9.72 Å². The van der Waals surface area contributed by atoms with E-state index in [9.17, 15) is 14.9 Å². The SMILES string of the molecule is O=Cc1ccc(N2CCSC2)c([N+](=O)[O-])c1. The minimum absolute atomic E-state index is 0.00657. The third-order valence-electron chi connectivity index (χ3n) is 2.43. The van der Waals surface area contributed by atoms with Crippen LogP contribution in [0.15, 0.2) is 18.2 Å².